The Morgan fingerprint density at radius 2 is 2.20 bits per heavy atom. The van der Waals surface area contributed by atoms with E-state index >= 15 is 0 Å². The van der Waals surface area contributed by atoms with Gasteiger partial charge in [0, 0.05) is 5.25 Å². The predicted octanol–water partition coefficient (Wildman–Crippen LogP) is 1.49. The number of nitrogens with one attached hydrogen (secondary N) is 1. The van der Waals surface area contributed by atoms with Crippen molar-refractivity contribution < 1.29 is 0 Å². The Morgan fingerprint density at radius 1 is 1.20 bits per heavy atom. The van der Waals surface area contributed by atoms with Crippen LogP contribution in [0.1, 0.15) is 19.3 Å². The molecule has 58 valence electrons. The van der Waals surface area contributed by atoms with Gasteiger partial charge in [-0.05, 0) is 44.0 Å². The first-order chi connectivity index (χ1) is 4.97. The Kier molecular flexibility index (Phi) is 2.19. The summed E-state index contributed by atoms with van der Waals surface area (Å²) in [6, 6.07) is 0. The van der Waals surface area contributed by atoms with Gasteiger partial charge in [0.05, 0.1) is 0 Å². The van der Waals surface area contributed by atoms with Crippen LogP contribution < -0.4 is 5.32 Å². The Morgan fingerprint density at radius 3 is 3.00 bits per heavy atom. The highest BCUT2D eigenvalue weighted by Gasteiger charge is 2.30. The molecule has 2 aliphatic heterocycles. The van der Waals surface area contributed by atoms with E-state index in [1.54, 1.807) is 0 Å². The minimum atomic E-state index is 1.04. The van der Waals surface area contributed by atoms with E-state index in [2.05, 4.69) is 17.1 Å². The molecular formula is C8H15NS. The Labute approximate surface area is 67.0 Å². The van der Waals surface area contributed by atoms with Crippen LogP contribution in [-0.2, 0) is 0 Å². The second kappa shape index (κ2) is 3.14. The Hall–Kier alpha value is 0.310. The minimum absolute atomic E-state index is 1.04. The summed E-state index contributed by atoms with van der Waals surface area (Å²) in [6.07, 6.45) is 4.29. The first kappa shape index (κ1) is 6.99. The molecule has 2 atom stereocenters. The van der Waals surface area contributed by atoms with Crippen molar-refractivity contribution in [1.29, 1.82) is 0 Å². The summed E-state index contributed by atoms with van der Waals surface area (Å²) in [5.41, 5.74) is 0. The van der Waals surface area contributed by atoms with Crippen LogP contribution in [0.3, 0.4) is 0 Å². The number of thioether (sulfide) groups is 1. The van der Waals surface area contributed by atoms with Crippen LogP contribution in [0.2, 0.25) is 0 Å². The van der Waals surface area contributed by atoms with Gasteiger partial charge < -0.3 is 5.32 Å². The number of hydrogen-bond acceptors (Lipinski definition) is 2. The maximum Gasteiger partial charge on any atom is 0.00842 e. The molecule has 10 heavy (non-hydrogen) atoms. The van der Waals surface area contributed by atoms with Crippen LogP contribution >= 0.6 is 11.8 Å². The molecule has 2 fully saturated rings. The zero-order valence-electron chi connectivity index (χ0n) is 6.31. The standard InChI is InChI=1S/C8H15NS/c1-2-8-7(6-10-8)3-5-9-4-1/h7-9H,1-6H2. The molecule has 0 bridgehead atoms. The van der Waals surface area contributed by atoms with Crippen LogP contribution in [0.15, 0.2) is 0 Å². The van der Waals surface area contributed by atoms with Gasteiger partial charge >= 0.3 is 0 Å². The third-order valence-corrected chi connectivity index (χ3v) is 4.25. The van der Waals surface area contributed by atoms with E-state index in [4.69, 9.17) is 0 Å². The molecule has 2 heterocycles. The third kappa shape index (κ3) is 1.32. The van der Waals surface area contributed by atoms with Gasteiger partial charge in [-0.1, -0.05) is 0 Å². The lowest BCUT2D eigenvalue weighted by atomic mass is 9.97. The van der Waals surface area contributed by atoms with Crippen LogP contribution in [0.5, 0.6) is 0 Å². The zero-order valence-corrected chi connectivity index (χ0v) is 7.12. The van der Waals surface area contributed by atoms with Gasteiger partial charge in [-0.3, -0.25) is 0 Å². The second-order valence-corrected chi connectivity index (χ2v) is 4.58. The molecule has 0 radical (unpaired) electrons. The SMILES string of the molecule is C1CNCCC2CSC2C1. The molecule has 2 heteroatoms. The van der Waals surface area contributed by atoms with E-state index < -0.39 is 0 Å². The molecular weight excluding hydrogens is 142 g/mol. The van der Waals surface area contributed by atoms with Gasteiger partial charge in [-0.15, -0.1) is 0 Å². The normalized spacial score (nSPS) is 40.8. The van der Waals surface area contributed by atoms with Gasteiger partial charge in [0.25, 0.3) is 0 Å². The van der Waals surface area contributed by atoms with Gasteiger partial charge in [0.15, 0.2) is 0 Å². The van der Waals surface area contributed by atoms with Gasteiger partial charge in [0.2, 0.25) is 0 Å². The summed E-state index contributed by atoms with van der Waals surface area (Å²) in [4.78, 5) is 0. The maximum atomic E-state index is 3.46. The Bertz CT molecular complexity index is 102. The minimum Gasteiger partial charge on any atom is -0.317 e. The first-order valence-corrected chi connectivity index (χ1v) is 5.34. The van der Waals surface area contributed by atoms with Crippen molar-refractivity contribution in [1.82, 2.24) is 5.32 Å². The fraction of sp³-hybridized carbons (Fsp3) is 1.00. The molecule has 2 aliphatic rings. The van der Waals surface area contributed by atoms with E-state index in [1.807, 2.05) is 0 Å². The van der Waals surface area contributed by atoms with Crippen LogP contribution in [0, 0.1) is 5.92 Å². The molecule has 1 N–H and O–H groups in total. The summed E-state index contributed by atoms with van der Waals surface area (Å²) < 4.78 is 0. The van der Waals surface area contributed by atoms with E-state index in [0.717, 1.165) is 11.2 Å². The lowest BCUT2D eigenvalue weighted by Crippen LogP contribution is -2.36. The van der Waals surface area contributed by atoms with Crippen molar-refractivity contribution in [3.05, 3.63) is 0 Å². The largest absolute Gasteiger partial charge is 0.317 e. The monoisotopic (exact) mass is 157 g/mol. The second-order valence-electron chi connectivity index (χ2n) is 3.31. The molecule has 1 nitrogen and oxygen atoms in total. The Balaban J connectivity index is 1.83. The summed E-state index contributed by atoms with van der Waals surface area (Å²) in [5, 5.41) is 4.51. The third-order valence-electron chi connectivity index (χ3n) is 2.58. The average molecular weight is 157 g/mol. The van der Waals surface area contributed by atoms with Crippen molar-refractivity contribution in [2.45, 2.75) is 24.5 Å². The summed E-state index contributed by atoms with van der Waals surface area (Å²) in [7, 11) is 0. The molecule has 0 saturated carbocycles. The predicted molar refractivity (Wildman–Crippen MR) is 46.5 cm³/mol. The smallest absolute Gasteiger partial charge is 0.00842 e. The summed E-state index contributed by atoms with van der Waals surface area (Å²) >= 11 is 2.18. The van der Waals surface area contributed by atoms with Crippen molar-refractivity contribution >= 4 is 11.8 Å². The molecule has 0 spiro atoms. The maximum absolute atomic E-state index is 3.46. The molecule has 2 saturated heterocycles. The van der Waals surface area contributed by atoms with Gasteiger partial charge in [-0.2, -0.15) is 11.8 Å². The lowest BCUT2D eigenvalue weighted by Gasteiger charge is -2.37. The molecule has 0 aromatic rings. The highest BCUT2D eigenvalue weighted by atomic mass is 32.2. The average Bonchev–Trinajstić information content (AvgIpc) is 1.89. The van der Waals surface area contributed by atoms with Crippen molar-refractivity contribution in [2.24, 2.45) is 5.92 Å². The topological polar surface area (TPSA) is 12.0 Å². The molecule has 0 aromatic heterocycles. The number of rotatable bonds is 0. The summed E-state index contributed by atoms with van der Waals surface area (Å²) in [5.74, 6) is 2.50. The van der Waals surface area contributed by atoms with Gasteiger partial charge in [-0.25, -0.2) is 0 Å². The van der Waals surface area contributed by atoms with E-state index in [9.17, 15) is 0 Å². The zero-order chi connectivity index (χ0) is 6.81. The molecule has 2 unspecified atom stereocenters. The fourth-order valence-corrected chi connectivity index (χ4v) is 3.17. The highest BCUT2D eigenvalue weighted by molar-refractivity contribution is 8.01. The highest BCUT2D eigenvalue weighted by Crippen LogP contribution is 2.39. The van der Waals surface area contributed by atoms with Gasteiger partial charge in [0.1, 0.15) is 0 Å². The van der Waals surface area contributed by atoms with Crippen LogP contribution in [0.25, 0.3) is 0 Å². The first-order valence-electron chi connectivity index (χ1n) is 4.29. The molecule has 0 amide bonds. The number of hydrogen-bond donors (Lipinski definition) is 1. The molecule has 0 aromatic carbocycles. The van der Waals surface area contributed by atoms with E-state index in [1.165, 1.54) is 38.1 Å². The van der Waals surface area contributed by atoms with E-state index in [-0.39, 0.29) is 0 Å². The molecule has 0 aliphatic carbocycles. The van der Waals surface area contributed by atoms with Crippen LogP contribution in [-0.4, -0.2) is 24.1 Å². The fourth-order valence-electron chi connectivity index (χ4n) is 1.80. The lowest BCUT2D eigenvalue weighted by molar-refractivity contribution is 0.409. The van der Waals surface area contributed by atoms with E-state index in [0.29, 0.717) is 0 Å². The quantitative estimate of drug-likeness (QED) is 0.572. The molecule has 2 rings (SSSR count). The van der Waals surface area contributed by atoms with Crippen molar-refractivity contribution in [2.75, 3.05) is 18.8 Å². The van der Waals surface area contributed by atoms with Crippen LogP contribution in [0.4, 0.5) is 0 Å². The van der Waals surface area contributed by atoms with Crippen molar-refractivity contribution in [3.63, 3.8) is 0 Å². The summed E-state index contributed by atoms with van der Waals surface area (Å²) in [6.45, 7) is 2.52. The van der Waals surface area contributed by atoms with Crippen molar-refractivity contribution in [3.8, 4) is 0 Å². The number of fused-ring (bicyclic) bond motifs is 1.